The Morgan fingerprint density at radius 2 is 1.64 bits per heavy atom. The number of fused-ring (bicyclic) bond motifs is 4. The number of methoxy groups -OCH3 is 4. The molecule has 1 aliphatic heterocycles. The van der Waals surface area contributed by atoms with Gasteiger partial charge in [-0.25, -0.2) is 4.79 Å². The summed E-state index contributed by atoms with van der Waals surface area (Å²) in [5, 5.41) is 0. The maximum atomic E-state index is 13.0. The molecule has 1 aliphatic carbocycles. The van der Waals surface area contributed by atoms with Gasteiger partial charge in [0.15, 0.2) is 23.0 Å². The van der Waals surface area contributed by atoms with Gasteiger partial charge >= 0.3 is 5.97 Å². The molecule has 0 bridgehead atoms. The molecular weight excluding hydrogens is 464 g/mol. The van der Waals surface area contributed by atoms with Crippen LogP contribution in [0.2, 0.25) is 0 Å². The van der Waals surface area contributed by atoms with Crippen LogP contribution in [0.15, 0.2) is 23.8 Å². The minimum Gasteiger partial charge on any atom is -0.493 e. The topological polar surface area (TPSA) is 81.7 Å². The van der Waals surface area contributed by atoms with E-state index in [0.717, 1.165) is 16.7 Å². The van der Waals surface area contributed by atoms with E-state index in [2.05, 4.69) is 13.8 Å². The highest BCUT2D eigenvalue weighted by molar-refractivity contribution is 5.90. The van der Waals surface area contributed by atoms with Gasteiger partial charge < -0.3 is 33.2 Å². The van der Waals surface area contributed by atoms with E-state index in [1.165, 1.54) is 0 Å². The van der Waals surface area contributed by atoms with E-state index in [1.54, 1.807) is 41.4 Å². The molecule has 2 aromatic rings. The highest BCUT2D eigenvalue weighted by Crippen LogP contribution is 2.58. The molecule has 194 valence electrons. The third-order valence-electron chi connectivity index (χ3n) is 7.23. The molecule has 0 amide bonds. The van der Waals surface area contributed by atoms with Crippen LogP contribution in [0.5, 0.6) is 34.5 Å². The maximum Gasteiger partial charge on any atom is 0.333 e. The number of benzene rings is 2. The molecule has 36 heavy (non-hydrogen) atoms. The maximum absolute atomic E-state index is 13.0. The van der Waals surface area contributed by atoms with Gasteiger partial charge in [-0.15, -0.1) is 0 Å². The molecule has 4 rings (SSSR count). The van der Waals surface area contributed by atoms with E-state index in [4.69, 9.17) is 33.2 Å². The molecule has 0 spiro atoms. The second-order valence-electron chi connectivity index (χ2n) is 9.13. The molecular formula is C28H34O8. The minimum atomic E-state index is -0.577. The van der Waals surface area contributed by atoms with Crippen molar-refractivity contribution in [2.24, 2.45) is 11.8 Å². The van der Waals surface area contributed by atoms with Gasteiger partial charge in [0.1, 0.15) is 6.10 Å². The van der Waals surface area contributed by atoms with Crippen LogP contribution in [0.4, 0.5) is 0 Å². The first-order valence-corrected chi connectivity index (χ1v) is 12.0. The fourth-order valence-electron chi connectivity index (χ4n) is 4.96. The number of esters is 1. The van der Waals surface area contributed by atoms with Gasteiger partial charge in [0, 0.05) is 28.2 Å². The van der Waals surface area contributed by atoms with Crippen LogP contribution < -0.4 is 28.4 Å². The number of hydrogen-bond donors (Lipinski definition) is 0. The number of rotatable bonds is 6. The summed E-state index contributed by atoms with van der Waals surface area (Å²) in [7, 11) is 6.35. The Hall–Kier alpha value is -3.55. The molecule has 0 aromatic heterocycles. The van der Waals surface area contributed by atoms with E-state index in [-0.39, 0.29) is 24.6 Å². The predicted octanol–water partition coefficient (Wildman–Crippen LogP) is 5.50. The first-order chi connectivity index (χ1) is 17.3. The van der Waals surface area contributed by atoms with Crippen molar-refractivity contribution in [1.82, 2.24) is 0 Å². The smallest absolute Gasteiger partial charge is 0.333 e. The predicted molar refractivity (Wildman–Crippen MR) is 135 cm³/mol. The van der Waals surface area contributed by atoms with Crippen molar-refractivity contribution in [3.05, 3.63) is 34.9 Å². The SMILES string of the molecule is C/C=C(\C)C(=O)O[C@@H]1c2cc3c(c(OC)c2-c2c(cc(OC)c(OC)c2OC)C[C@@H](C)[C@H]1C)OCO3. The van der Waals surface area contributed by atoms with Gasteiger partial charge in [-0.3, -0.25) is 0 Å². The van der Waals surface area contributed by atoms with Crippen LogP contribution in [0.3, 0.4) is 0 Å². The van der Waals surface area contributed by atoms with Gasteiger partial charge in [0.05, 0.1) is 28.4 Å². The van der Waals surface area contributed by atoms with Crippen LogP contribution in [-0.2, 0) is 16.0 Å². The number of carbonyl (C=O) groups is 1. The molecule has 3 atom stereocenters. The molecule has 0 saturated heterocycles. The average molecular weight is 499 g/mol. The fraction of sp³-hybridized carbons (Fsp3) is 0.464. The third kappa shape index (κ3) is 4.08. The largest absolute Gasteiger partial charge is 0.493 e. The molecule has 2 aliphatic rings. The fourth-order valence-corrected chi connectivity index (χ4v) is 4.96. The van der Waals surface area contributed by atoms with Crippen molar-refractivity contribution in [3.63, 3.8) is 0 Å². The van der Waals surface area contributed by atoms with E-state index in [0.29, 0.717) is 52.1 Å². The van der Waals surface area contributed by atoms with Gasteiger partial charge in [-0.1, -0.05) is 19.9 Å². The molecule has 8 heteroatoms. The summed E-state index contributed by atoms with van der Waals surface area (Å²) in [6.07, 6.45) is 1.85. The molecule has 1 heterocycles. The average Bonchev–Trinajstić information content (AvgIpc) is 3.36. The van der Waals surface area contributed by atoms with Crippen LogP contribution in [-0.4, -0.2) is 41.2 Å². The second-order valence-corrected chi connectivity index (χ2v) is 9.13. The van der Waals surface area contributed by atoms with Crippen molar-refractivity contribution in [1.29, 1.82) is 0 Å². The normalized spacial score (nSPS) is 20.4. The summed E-state index contributed by atoms with van der Waals surface area (Å²) in [5.41, 5.74) is 3.78. The molecule has 2 aromatic carbocycles. The van der Waals surface area contributed by atoms with Crippen molar-refractivity contribution >= 4 is 5.97 Å². The summed E-state index contributed by atoms with van der Waals surface area (Å²) >= 11 is 0. The summed E-state index contributed by atoms with van der Waals surface area (Å²) in [6.45, 7) is 7.87. The zero-order chi connectivity index (χ0) is 26.1. The van der Waals surface area contributed by atoms with E-state index >= 15 is 0 Å². The van der Waals surface area contributed by atoms with Gasteiger partial charge in [0.2, 0.25) is 18.3 Å². The molecule has 0 fully saturated rings. The molecule has 8 nitrogen and oxygen atoms in total. The van der Waals surface area contributed by atoms with Crippen LogP contribution >= 0.6 is 0 Å². The third-order valence-corrected chi connectivity index (χ3v) is 7.23. The summed E-state index contributed by atoms with van der Waals surface area (Å²) in [4.78, 5) is 13.0. The Kier molecular flexibility index (Phi) is 7.24. The minimum absolute atomic E-state index is 0.0327. The second kappa shape index (κ2) is 10.2. The summed E-state index contributed by atoms with van der Waals surface area (Å²) in [5.74, 6) is 2.79. The lowest BCUT2D eigenvalue weighted by molar-refractivity contribution is -0.148. The van der Waals surface area contributed by atoms with Crippen molar-refractivity contribution in [2.75, 3.05) is 35.2 Å². The monoisotopic (exact) mass is 498 g/mol. The molecule has 0 radical (unpaired) electrons. The zero-order valence-electron chi connectivity index (χ0n) is 22.1. The Balaban J connectivity index is 2.12. The first kappa shape index (κ1) is 25.5. The van der Waals surface area contributed by atoms with E-state index in [9.17, 15) is 4.79 Å². The quantitative estimate of drug-likeness (QED) is 0.382. The zero-order valence-corrected chi connectivity index (χ0v) is 22.1. The number of carbonyl (C=O) groups excluding carboxylic acids is 1. The molecule has 0 N–H and O–H groups in total. The van der Waals surface area contributed by atoms with Crippen LogP contribution in [0.1, 0.15) is 44.9 Å². The number of allylic oxidation sites excluding steroid dienone is 1. The lowest BCUT2D eigenvalue weighted by atomic mass is 9.75. The van der Waals surface area contributed by atoms with Crippen molar-refractivity contribution in [2.45, 2.75) is 40.2 Å². The van der Waals surface area contributed by atoms with Crippen LogP contribution in [0, 0.1) is 11.8 Å². The highest BCUT2D eigenvalue weighted by atomic mass is 16.7. The number of hydrogen-bond acceptors (Lipinski definition) is 8. The standard InChI is InChI=1S/C28H34O8/c1-9-14(2)28(29)36-23-16(4)15(3)10-17-11-19(30-5)24(31-6)26(32-7)21(17)22-18(23)12-20-25(27(22)33-8)35-13-34-20/h9,11-12,15-16,23H,10,13H2,1-8H3/b14-9+/t15-,16-,23+/m1/s1. The van der Waals surface area contributed by atoms with Crippen LogP contribution in [0.25, 0.3) is 11.1 Å². The highest BCUT2D eigenvalue weighted by Gasteiger charge is 2.40. The Bertz CT molecular complexity index is 1200. The van der Waals surface area contributed by atoms with Gasteiger partial charge in [0.25, 0.3) is 0 Å². The Morgan fingerprint density at radius 3 is 2.25 bits per heavy atom. The van der Waals surface area contributed by atoms with E-state index in [1.807, 2.05) is 19.1 Å². The van der Waals surface area contributed by atoms with Gasteiger partial charge in [-0.05, 0) is 43.9 Å². The van der Waals surface area contributed by atoms with E-state index < -0.39 is 6.10 Å². The van der Waals surface area contributed by atoms with Gasteiger partial charge in [-0.2, -0.15) is 0 Å². The van der Waals surface area contributed by atoms with Crippen molar-refractivity contribution < 1.29 is 38.0 Å². The molecule has 0 saturated carbocycles. The Morgan fingerprint density at radius 1 is 0.944 bits per heavy atom. The lowest BCUT2D eigenvalue weighted by Crippen LogP contribution is -2.27. The summed E-state index contributed by atoms with van der Waals surface area (Å²) < 4.78 is 41.0. The first-order valence-electron chi connectivity index (χ1n) is 12.0. The number of ether oxygens (including phenoxy) is 7. The Labute approximate surface area is 212 Å². The summed E-state index contributed by atoms with van der Waals surface area (Å²) in [6, 6.07) is 3.86. The lowest BCUT2D eigenvalue weighted by Gasteiger charge is -2.35. The van der Waals surface area contributed by atoms with Crippen molar-refractivity contribution in [3.8, 4) is 45.6 Å². The molecule has 0 unspecified atom stereocenters.